The summed E-state index contributed by atoms with van der Waals surface area (Å²) in [7, 11) is 3.31. The fourth-order valence-corrected chi connectivity index (χ4v) is 4.88. The van der Waals surface area contributed by atoms with Gasteiger partial charge < -0.3 is 14.6 Å². The Bertz CT molecular complexity index is 725. The van der Waals surface area contributed by atoms with E-state index < -0.39 is 5.60 Å². The van der Waals surface area contributed by atoms with E-state index in [4.69, 9.17) is 9.47 Å². The Morgan fingerprint density at radius 3 is 2.04 bits per heavy atom. The molecule has 4 heteroatoms. The summed E-state index contributed by atoms with van der Waals surface area (Å²) in [6.07, 6.45) is 3.70. The van der Waals surface area contributed by atoms with Crippen molar-refractivity contribution in [3.8, 4) is 11.5 Å². The predicted octanol–water partition coefficient (Wildman–Crippen LogP) is 3.72. The van der Waals surface area contributed by atoms with Gasteiger partial charge in [-0.15, -0.1) is 0 Å². The number of rotatable bonds is 5. The zero-order valence-electron chi connectivity index (χ0n) is 15.5. The van der Waals surface area contributed by atoms with Gasteiger partial charge in [0.1, 0.15) is 11.5 Å². The van der Waals surface area contributed by atoms with E-state index in [0.29, 0.717) is 36.4 Å². The summed E-state index contributed by atoms with van der Waals surface area (Å²) < 4.78 is 11.1. The van der Waals surface area contributed by atoms with Crippen LogP contribution < -0.4 is 9.47 Å². The van der Waals surface area contributed by atoms with E-state index in [1.165, 1.54) is 5.56 Å². The molecule has 2 bridgehead atoms. The van der Waals surface area contributed by atoms with Gasteiger partial charge in [-0.25, -0.2) is 0 Å². The number of ether oxygens (including phenoxy) is 2. The molecular formula is C22H27NO3. The number of nitrogens with zero attached hydrogens (tertiary/aromatic N) is 1. The van der Waals surface area contributed by atoms with Gasteiger partial charge in [-0.2, -0.15) is 0 Å². The van der Waals surface area contributed by atoms with Crippen LogP contribution in [0.1, 0.15) is 36.8 Å². The van der Waals surface area contributed by atoms with Crippen molar-refractivity contribution in [2.24, 2.45) is 0 Å². The van der Waals surface area contributed by atoms with E-state index in [1.807, 2.05) is 18.2 Å². The monoisotopic (exact) mass is 353 g/mol. The molecular weight excluding hydrogens is 326 g/mol. The summed E-state index contributed by atoms with van der Waals surface area (Å²) >= 11 is 0. The Balaban J connectivity index is 1.62. The highest BCUT2D eigenvalue weighted by Gasteiger charge is 2.50. The van der Waals surface area contributed by atoms with Gasteiger partial charge >= 0.3 is 0 Å². The van der Waals surface area contributed by atoms with E-state index in [2.05, 4.69) is 35.2 Å². The number of benzene rings is 2. The maximum atomic E-state index is 11.6. The van der Waals surface area contributed by atoms with Crippen molar-refractivity contribution < 1.29 is 14.6 Å². The third-order valence-electron chi connectivity index (χ3n) is 6.02. The first-order chi connectivity index (χ1) is 12.6. The van der Waals surface area contributed by atoms with Crippen LogP contribution in [0.5, 0.6) is 11.5 Å². The second-order valence-corrected chi connectivity index (χ2v) is 7.52. The van der Waals surface area contributed by atoms with Crippen molar-refractivity contribution >= 4 is 0 Å². The van der Waals surface area contributed by atoms with Crippen LogP contribution in [0.2, 0.25) is 0 Å². The Kier molecular flexibility index (Phi) is 4.63. The fraction of sp³-hybridized carbons (Fsp3) is 0.455. The highest BCUT2D eigenvalue weighted by molar-refractivity contribution is 5.49. The Morgan fingerprint density at radius 1 is 0.923 bits per heavy atom. The number of hydrogen-bond acceptors (Lipinski definition) is 4. The highest BCUT2D eigenvalue weighted by atomic mass is 16.5. The first-order valence-electron chi connectivity index (χ1n) is 9.38. The van der Waals surface area contributed by atoms with E-state index in [9.17, 15) is 5.11 Å². The van der Waals surface area contributed by atoms with Crippen molar-refractivity contribution in [3.05, 3.63) is 59.7 Å². The lowest BCUT2D eigenvalue weighted by Gasteiger charge is -2.44. The summed E-state index contributed by atoms with van der Waals surface area (Å²) in [6, 6.07) is 17.1. The first kappa shape index (κ1) is 17.4. The van der Waals surface area contributed by atoms with Gasteiger partial charge in [0.05, 0.1) is 25.4 Å². The molecule has 2 aromatic rings. The SMILES string of the molecule is COc1cccc(OC)c1C1(O)CC2CCC(C1)N2Cc1ccccc1. The van der Waals surface area contributed by atoms with Crippen molar-refractivity contribution in [1.29, 1.82) is 0 Å². The molecule has 0 radical (unpaired) electrons. The molecule has 2 fully saturated rings. The number of fused-ring (bicyclic) bond motifs is 2. The average molecular weight is 353 g/mol. The first-order valence-corrected chi connectivity index (χ1v) is 9.38. The number of hydrogen-bond donors (Lipinski definition) is 1. The third kappa shape index (κ3) is 2.97. The lowest BCUT2D eigenvalue weighted by Crippen LogP contribution is -2.49. The second kappa shape index (κ2) is 6.93. The minimum Gasteiger partial charge on any atom is -0.496 e. The van der Waals surface area contributed by atoms with Crippen LogP contribution in [-0.4, -0.2) is 36.3 Å². The molecule has 2 heterocycles. The fourth-order valence-electron chi connectivity index (χ4n) is 4.88. The Labute approximate surface area is 155 Å². The molecule has 2 aliphatic rings. The highest BCUT2D eigenvalue weighted by Crippen LogP contribution is 2.50. The van der Waals surface area contributed by atoms with Gasteiger partial charge in [0.25, 0.3) is 0 Å². The molecule has 26 heavy (non-hydrogen) atoms. The molecule has 2 unspecified atom stereocenters. The number of methoxy groups -OCH3 is 2. The van der Waals surface area contributed by atoms with Crippen molar-refractivity contribution in [3.63, 3.8) is 0 Å². The van der Waals surface area contributed by atoms with Crippen LogP contribution >= 0.6 is 0 Å². The molecule has 4 rings (SSSR count). The summed E-state index contributed by atoms with van der Waals surface area (Å²) in [6.45, 7) is 0.954. The molecule has 0 aliphatic carbocycles. The normalized spacial score (nSPS) is 28.1. The molecule has 2 aromatic carbocycles. The molecule has 0 aromatic heterocycles. The number of aliphatic hydroxyl groups is 1. The van der Waals surface area contributed by atoms with E-state index in [-0.39, 0.29) is 0 Å². The van der Waals surface area contributed by atoms with Crippen LogP contribution in [0.25, 0.3) is 0 Å². The molecule has 4 nitrogen and oxygen atoms in total. The predicted molar refractivity (Wildman–Crippen MR) is 101 cm³/mol. The Hall–Kier alpha value is -2.04. The summed E-state index contributed by atoms with van der Waals surface area (Å²) in [5, 5.41) is 11.6. The maximum absolute atomic E-state index is 11.6. The standard InChI is InChI=1S/C22H27NO3/c1-25-19-9-6-10-20(26-2)21(19)22(24)13-17-11-12-18(14-22)23(17)15-16-7-4-3-5-8-16/h3-10,17-18,24H,11-15H2,1-2H3. The van der Waals surface area contributed by atoms with Crippen molar-refractivity contribution in [1.82, 2.24) is 4.90 Å². The minimum atomic E-state index is -0.906. The van der Waals surface area contributed by atoms with E-state index in [1.54, 1.807) is 14.2 Å². The lowest BCUT2D eigenvalue weighted by atomic mass is 9.79. The molecule has 1 N–H and O–H groups in total. The van der Waals surface area contributed by atoms with Gasteiger partial charge in [-0.3, -0.25) is 4.90 Å². The average Bonchev–Trinajstić information content (AvgIpc) is 2.91. The summed E-state index contributed by atoms with van der Waals surface area (Å²) in [4.78, 5) is 2.58. The van der Waals surface area contributed by atoms with Crippen LogP contribution in [0, 0.1) is 0 Å². The minimum absolute atomic E-state index is 0.383. The van der Waals surface area contributed by atoms with E-state index >= 15 is 0 Å². The van der Waals surface area contributed by atoms with Gasteiger partial charge in [-0.05, 0) is 43.4 Å². The topological polar surface area (TPSA) is 41.9 Å². The van der Waals surface area contributed by atoms with Crippen LogP contribution in [0.3, 0.4) is 0 Å². The molecule has 0 amide bonds. The maximum Gasteiger partial charge on any atom is 0.128 e. The molecule has 2 atom stereocenters. The van der Waals surface area contributed by atoms with Crippen molar-refractivity contribution in [2.75, 3.05) is 14.2 Å². The van der Waals surface area contributed by atoms with Crippen LogP contribution in [0.15, 0.2) is 48.5 Å². The summed E-state index contributed by atoms with van der Waals surface area (Å²) in [5.74, 6) is 1.42. The quantitative estimate of drug-likeness (QED) is 0.890. The van der Waals surface area contributed by atoms with Gasteiger partial charge in [0.2, 0.25) is 0 Å². The van der Waals surface area contributed by atoms with Crippen LogP contribution in [-0.2, 0) is 12.1 Å². The Morgan fingerprint density at radius 2 is 1.50 bits per heavy atom. The molecule has 0 saturated carbocycles. The van der Waals surface area contributed by atoms with Crippen molar-refractivity contribution in [2.45, 2.75) is 49.9 Å². The molecule has 0 spiro atoms. The smallest absolute Gasteiger partial charge is 0.128 e. The van der Waals surface area contributed by atoms with Crippen LogP contribution in [0.4, 0.5) is 0 Å². The van der Waals surface area contributed by atoms with Gasteiger partial charge in [0, 0.05) is 18.6 Å². The van der Waals surface area contributed by atoms with Gasteiger partial charge in [0.15, 0.2) is 0 Å². The largest absolute Gasteiger partial charge is 0.496 e. The molecule has 138 valence electrons. The molecule has 2 aliphatic heterocycles. The summed E-state index contributed by atoms with van der Waals surface area (Å²) in [5.41, 5.74) is 1.24. The van der Waals surface area contributed by atoms with Gasteiger partial charge in [-0.1, -0.05) is 36.4 Å². The zero-order valence-corrected chi connectivity index (χ0v) is 15.5. The lowest BCUT2D eigenvalue weighted by molar-refractivity contribution is -0.0618. The van der Waals surface area contributed by atoms with E-state index in [0.717, 1.165) is 24.9 Å². The molecule has 2 saturated heterocycles. The zero-order chi connectivity index (χ0) is 18.1. The second-order valence-electron chi connectivity index (χ2n) is 7.52. The third-order valence-corrected chi connectivity index (χ3v) is 6.02. The number of piperidine rings is 1.